The van der Waals surface area contributed by atoms with Crippen molar-refractivity contribution in [3.05, 3.63) is 96.8 Å². The van der Waals surface area contributed by atoms with Crippen LogP contribution in [0.2, 0.25) is 0 Å². The standard InChI is InChI=1S/C24H16FN3S/c25-18-11-13-19(14-12-18)26-23-20-15-21(16-7-3-1-4-8-16)29-24(20)28-22(27-23)17-9-5-2-6-10-17/h1-15H,(H,26,27,28). The van der Waals surface area contributed by atoms with Gasteiger partial charge < -0.3 is 5.32 Å². The van der Waals surface area contributed by atoms with E-state index in [1.54, 1.807) is 23.5 Å². The summed E-state index contributed by atoms with van der Waals surface area (Å²) < 4.78 is 13.3. The van der Waals surface area contributed by atoms with Crippen molar-refractivity contribution < 1.29 is 4.39 Å². The molecule has 0 bridgehead atoms. The maximum atomic E-state index is 13.3. The summed E-state index contributed by atoms with van der Waals surface area (Å²) in [5.74, 6) is 1.10. The number of fused-ring (bicyclic) bond motifs is 1. The first-order valence-corrected chi connectivity index (χ1v) is 10.0. The molecule has 2 heterocycles. The maximum Gasteiger partial charge on any atom is 0.163 e. The lowest BCUT2D eigenvalue weighted by Gasteiger charge is -2.09. The molecule has 0 amide bonds. The van der Waals surface area contributed by atoms with Gasteiger partial charge >= 0.3 is 0 Å². The van der Waals surface area contributed by atoms with E-state index in [-0.39, 0.29) is 5.82 Å². The topological polar surface area (TPSA) is 37.8 Å². The summed E-state index contributed by atoms with van der Waals surface area (Å²) in [5, 5.41) is 4.28. The Bertz CT molecular complexity index is 1270. The number of benzene rings is 3. The molecular weight excluding hydrogens is 381 g/mol. The molecule has 5 aromatic rings. The molecule has 0 aliphatic rings. The average molecular weight is 397 g/mol. The summed E-state index contributed by atoms with van der Waals surface area (Å²) in [6.45, 7) is 0. The molecule has 0 saturated heterocycles. The number of hydrogen-bond donors (Lipinski definition) is 1. The van der Waals surface area contributed by atoms with Crippen LogP contribution in [0.5, 0.6) is 0 Å². The molecule has 0 fully saturated rings. The summed E-state index contributed by atoms with van der Waals surface area (Å²) >= 11 is 1.64. The van der Waals surface area contributed by atoms with Crippen molar-refractivity contribution in [1.29, 1.82) is 0 Å². The molecule has 1 N–H and O–H groups in total. The lowest BCUT2D eigenvalue weighted by molar-refractivity contribution is 0.628. The van der Waals surface area contributed by atoms with Crippen LogP contribution in [0.1, 0.15) is 0 Å². The van der Waals surface area contributed by atoms with Gasteiger partial charge in [-0.1, -0.05) is 60.7 Å². The Morgan fingerprint density at radius 1 is 0.724 bits per heavy atom. The molecular formula is C24H16FN3S. The van der Waals surface area contributed by atoms with Gasteiger partial charge in [0.25, 0.3) is 0 Å². The van der Waals surface area contributed by atoms with Crippen molar-refractivity contribution in [3.63, 3.8) is 0 Å². The Morgan fingerprint density at radius 2 is 1.38 bits per heavy atom. The van der Waals surface area contributed by atoms with Crippen LogP contribution in [-0.2, 0) is 0 Å². The molecule has 0 saturated carbocycles. The Balaban J connectivity index is 1.67. The molecule has 140 valence electrons. The fourth-order valence-electron chi connectivity index (χ4n) is 3.15. The van der Waals surface area contributed by atoms with Crippen LogP contribution in [0, 0.1) is 5.82 Å². The SMILES string of the molecule is Fc1ccc(Nc2nc(-c3ccccc3)nc3sc(-c4ccccc4)cc23)cc1. The van der Waals surface area contributed by atoms with Gasteiger partial charge in [0, 0.05) is 16.1 Å². The number of nitrogens with one attached hydrogen (secondary N) is 1. The van der Waals surface area contributed by atoms with Crippen LogP contribution < -0.4 is 5.32 Å². The number of hydrogen-bond acceptors (Lipinski definition) is 4. The van der Waals surface area contributed by atoms with Gasteiger partial charge in [-0.25, -0.2) is 14.4 Å². The lowest BCUT2D eigenvalue weighted by atomic mass is 10.1. The number of anilines is 2. The molecule has 0 atom stereocenters. The molecule has 29 heavy (non-hydrogen) atoms. The van der Waals surface area contributed by atoms with Gasteiger partial charge in [0.15, 0.2) is 5.82 Å². The van der Waals surface area contributed by atoms with Crippen LogP contribution in [0.3, 0.4) is 0 Å². The normalized spacial score (nSPS) is 10.9. The smallest absolute Gasteiger partial charge is 0.163 e. The fourth-order valence-corrected chi connectivity index (χ4v) is 4.18. The van der Waals surface area contributed by atoms with Crippen LogP contribution in [0.4, 0.5) is 15.9 Å². The number of aromatic nitrogens is 2. The van der Waals surface area contributed by atoms with Crippen LogP contribution in [0.25, 0.3) is 32.0 Å². The number of halogens is 1. The Labute approximate surface area is 171 Å². The minimum atomic E-state index is -0.268. The molecule has 0 unspecified atom stereocenters. The molecule has 0 spiro atoms. The second kappa shape index (κ2) is 7.45. The Morgan fingerprint density at radius 3 is 2.07 bits per heavy atom. The highest BCUT2D eigenvalue weighted by molar-refractivity contribution is 7.22. The van der Waals surface area contributed by atoms with Gasteiger partial charge in [-0.15, -0.1) is 11.3 Å². The number of rotatable bonds is 4. The second-order valence-electron chi connectivity index (χ2n) is 6.59. The predicted molar refractivity (Wildman–Crippen MR) is 118 cm³/mol. The summed E-state index contributed by atoms with van der Waals surface area (Å²) in [6, 6.07) is 28.5. The van der Waals surface area contributed by atoms with Gasteiger partial charge in [0.05, 0.1) is 5.39 Å². The van der Waals surface area contributed by atoms with E-state index >= 15 is 0 Å². The Hall–Kier alpha value is -3.57. The third-order valence-electron chi connectivity index (χ3n) is 4.59. The minimum absolute atomic E-state index is 0.268. The van der Waals surface area contributed by atoms with Gasteiger partial charge in [0.2, 0.25) is 0 Å². The van der Waals surface area contributed by atoms with Gasteiger partial charge in [0.1, 0.15) is 16.5 Å². The maximum absolute atomic E-state index is 13.3. The highest BCUT2D eigenvalue weighted by atomic mass is 32.1. The first kappa shape index (κ1) is 17.5. The van der Waals surface area contributed by atoms with Crippen molar-refractivity contribution in [2.75, 3.05) is 5.32 Å². The quantitative estimate of drug-likeness (QED) is 0.358. The van der Waals surface area contributed by atoms with Gasteiger partial charge in [-0.05, 0) is 35.9 Å². The van der Waals surface area contributed by atoms with E-state index in [0.29, 0.717) is 11.6 Å². The van der Waals surface area contributed by atoms with E-state index in [9.17, 15) is 4.39 Å². The van der Waals surface area contributed by atoms with Crippen LogP contribution in [0.15, 0.2) is 91.0 Å². The van der Waals surface area contributed by atoms with Crippen molar-refractivity contribution in [3.8, 4) is 21.8 Å². The highest BCUT2D eigenvalue weighted by Gasteiger charge is 2.14. The number of thiophene rings is 1. The summed E-state index contributed by atoms with van der Waals surface area (Å²) in [4.78, 5) is 11.6. The van der Waals surface area contributed by atoms with E-state index in [1.807, 2.05) is 48.5 Å². The lowest BCUT2D eigenvalue weighted by Crippen LogP contribution is -1.98. The largest absolute Gasteiger partial charge is 0.340 e. The highest BCUT2D eigenvalue weighted by Crippen LogP contribution is 2.37. The zero-order valence-corrected chi connectivity index (χ0v) is 16.2. The number of nitrogens with zero attached hydrogens (tertiary/aromatic N) is 2. The predicted octanol–water partition coefficient (Wildman–Crippen LogP) is 6.91. The summed E-state index contributed by atoms with van der Waals surface area (Å²) in [5.41, 5.74) is 2.87. The summed E-state index contributed by atoms with van der Waals surface area (Å²) in [7, 11) is 0. The molecule has 0 aliphatic heterocycles. The minimum Gasteiger partial charge on any atom is -0.340 e. The van der Waals surface area contributed by atoms with Crippen molar-refractivity contribution in [1.82, 2.24) is 9.97 Å². The fraction of sp³-hybridized carbons (Fsp3) is 0. The molecule has 5 rings (SSSR count). The van der Waals surface area contributed by atoms with Crippen LogP contribution >= 0.6 is 11.3 Å². The van der Waals surface area contributed by atoms with Crippen molar-refractivity contribution in [2.45, 2.75) is 0 Å². The molecule has 3 aromatic carbocycles. The van der Waals surface area contributed by atoms with Gasteiger partial charge in [-0.3, -0.25) is 0 Å². The first-order chi connectivity index (χ1) is 14.3. The average Bonchev–Trinajstić information content (AvgIpc) is 3.21. The van der Waals surface area contributed by atoms with E-state index in [4.69, 9.17) is 9.97 Å². The molecule has 0 aliphatic carbocycles. The van der Waals surface area contributed by atoms with E-state index in [1.165, 1.54) is 12.1 Å². The zero-order valence-electron chi connectivity index (χ0n) is 15.3. The van der Waals surface area contributed by atoms with Crippen molar-refractivity contribution >= 4 is 33.1 Å². The zero-order chi connectivity index (χ0) is 19.6. The third kappa shape index (κ3) is 3.60. The van der Waals surface area contributed by atoms with E-state index in [0.717, 1.165) is 31.9 Å². The third-order valence-corrected chi connectivity index (χ3v) is 5.67. The molecule has 3 nitrogen and oxygen atoms in total. The summed E-state index contributed by atoms with van der Waals surface area (Å²) in [6.07, 6.45) is 0. The monoisotopic (exact) mass is 397 g/mol. The Kier molecular flexibility index (Phi) is 4.50. The van der Waals surface area contributed by atoms with Gasteiger partial charge in [-0.2, -0.15) is 0 Å². The second-order valence-corrected chi connectivity index (χ2v) is 7.62. The first-order valence-electron chi connectivity index (χ1n) is 9.21. The molecule has 2 aromatic heterocycles. The van der Waals surface area contributed by atoms with E-state index < -0.39 is 0 Å². The van der Waals surface area contributed by atoms with E-state index in [2.05, 4.69) is 23.5 Å². The molecule has 0 radical (unpaired) electrons. The van der Waals surface area contributed by atoms with Crippen molar-refractivity contribution in [2.24, 2.45) is 0 Å². The molecule has 5 heteroatoms. The van der Waals surface area contributed by atoms with Crippen LogP contribution in [-0.4, -0.2) is 9.97 Å².